The van der Waals surface area contributed by atoms with Crippen LogP contribution in [-0.2, 0) is 4.79 Å². The molecule has 1 aromatic rings. The minimum atomic E-state index is -0.106. The van der Waals surface area contributed by atoms with E-state index >= 15 is 0 Å². The monoisotopic (exact) mass is 305 g/mol. The highest BCUT2D eigenvalue weighted by molar-refractivity contribution is 5.95. The first-order valence-electron chi connectivity index (χ1n) is 7.60. The second-order valence-corrected chi connectivity index (χ2v) is 6.24. The zero-order valence-corrected chi connectivity index (χ0v) is 14.0. The minimum Gasteiger partial charge on any atom is -0.496 e. The average molecular weight is 305 g/mol. The van der Waals surface area contributed by atoms with Gasteiger partial charge in [0.15, 0.2) is 0 Å². The standard InChI is InChI=1S/C18H27NO3/c1-14(15-8-5-6-9-16(15)22-4)12-17(21)19-11-7-10-18(2,3)13-20/h5-6,8-9,12,20H,7,10-11,13H2,1-4H3,(H,19,21)/b14-12+. The first kappa shape index (κ1) is 18.2. The van der Waals surface area contributed by atoms with Crippen LogP contribution in [0.1, 0.15) is 39.2 Å². The second-order valence-electron chi connectivity index (χ2n) is 6.24. The third-order valence-corrected chi connectivity index (χ3v) is 3.64. The van der Waals surface area contributed by atoms with Crippen molar-refractivity contribution in [1.29, 1.82) is 0 Å². The Hall–Kier alpha value is -1.81. The molecule has 4 nitrogen and oxygen atoms in total. The van der Waals surface area contributed by atoms with Gasteiger partial charge in [-0.05, 0) is 36.8 Å². The molecule has 0 aromatic heterocycles. The quantitative estimate of drug-likeness (QED) is 0.573. The van der Waals surface area contributed by atoms with Gasteiger partial charge in [0.1, 0.15) is 5.75 Å². The van der Waals surface area contributed by atoms with Crippen LogP contribution < -0.4 is 10.1 Å². The van der Waals surface area contributed by atoms with E-state index in [2.05, 4.69) is 5.32 Å². The zero-order valence-electron chi connectivity index (χ0n) is 14.0. The highest BCUT2D eigenvalue weighted by atomic mass is 16.5. The molecule has 0 bridgehead atoms. The molecule has 0 aliphatic carbocycles. The number of aliphatic hydroxyl groups is 1. The Morgan fingerprint density at radius 2 is 2.05 bits per heavy atom. The first-order chi connectivity index (χ1) is 10.4. The van der Waals surface area contributed by atoms with E-state index in [1.54, 1.807) is 13.2 Å². The van der Waals surface area contributed by atoms with E-state index in [-0.39, 0.29) is 17.9 Å². The SMILES string of the molecule is COc1ccccc1/C(C)=C/C(=O)NCCCC(C)(C)CO. The van der Waals surface area contributed by atoms with Crippen LogP contribution >= 0.6 is 0 Å². The summed E-state index contributed by atoms with van der Waals surface area (Å²) in [6.45, 7) is 6.69. The maximum atomic E-state index is 11.9. The van der Waals surface area contributed by atoms with Crippen molar-refractivity contribution < 1.29 is 14.6 Å². The number of benzene rings is 1. The van der Waals surface area contributed by atoms with Crippen molar-refractivity contribution in [2.75, 3.05) is 20.3 Å². The largest absolute Gasteiger partial charge is 0.496 e. The van der Waals surface area contributed by atoms with Gasteiger partial charge in [0.25, 0.3) is 0 Å². The number of para-hydroxylation sites is 1. The van der Waals surface area contributed by atoms with Crippen LogP contribution in [0.25, 0.3) is 5.57 Å². The van der Waals surface area contributed by atoms with Crippen LogP contribution in [0.15, 0.2) is 30.3 Å². The lowest BCUT2D eigenvalue weighted by molar-refractivity contribution is -0.116. The van der Waals surface area contributed by atoms with E-state index in [9.17, 15) is 9.90 Å². The predicted octanol–water partition coefficient (Wildman–Crippen LogP) is 3.01. The molecular weight excluding hydrogens is 278 g/mol. The molecule has 0 atom stereocenters. The van der Waals surface area contributed by atoms with Gasteiger partial charge in [0.05, 0.1) is 7.11 Å². The van der Waals surface area contributed by atoms with Crippen LogP contribution in [-0.4, -0.2) is 31.3 Å². The number of allylic oxidation sites excluding steroid dienone is 1. The number of methoxy groups -OCH3 is 1. The summed E-state index contributed by atoms with van der Waals surface area (Å²) in [7, 11) is 1.62. The van der Waals surface area contributed by atoms with Gasteiger partial charge in [-0.15, -0.1) is 0 Å². The number of hydrogen-bond donors (Lipinski definition) is 2. The number of amides is 1. The fraction of sp³-hybridized carbons (Fsp3) is 0.500. The van der Waals surface area contributed by atoms with Crippen LogP contribution in [0.2, 0.25) is 0 Å². The maximum Gasteiger partial charge on any atom is 0.244 e. The third-order valence-electron chi connectivity index (χ3n) is 3.64. The molecule has 2 N–H and O–H groups in total. The van der Waals surface area contributed by atoms with E-state index in [1.807, 2.05) is 45.0 Å². The van der Waals surface area contributed by atoms with Gasteiger partial charge >= 0.3 is 0 Å². The van der Waals surface area contributed by atoms with Crippen LogP contribution in [0.3, 0.4) is 0 Å². The normalized spacial score (nSPS) is 12.1. The van der Waals surface area contributed by atoms with Gasteiger partial charge in [-0.3, -0.25) is 4.79 Å². The molecule has 0 fully saturated rings. The minimum absolute atomic E-state index is 0.0894. The number of carbonyl (C=O) groups excluding carboxylic acids is 1. The first-order valence-corrected chi connectivity index (χ1v) is 7.60. The summed E-state index contributed by atoms with van der Waals surface area (Å²) >= 11 is 0. The van der Waals surface area contributed by atoms with Gasteiger partial charge in [0, 0.05) is 24.8 Å². The van der Waals surface area contributed by atoms with Gasteiger partial charge < -0.3 is 15.2 Å². The van der Waals surface area contributed by atoms with Gasteiger partial charge in [0.2, 0.25) is 5.91 Å². The Kier molecular flexibility index (Phi) is 7.12. The number of rotatable bonds is 8. The molecule has 0 saturated heterocycles. The zero-order chi connectivity index (χ0) is 16.6. The highest BCUT2D eigenvalue weighted by Crippen LogP contribution is 2.25. The summed E-state index contributed by atoms with van der Waals surface area (Å²) < 4.78 is 5.30. The number of nitrogens with one attached hydrogen (secondary N) is 1. The summed E-state index contributed by atoms with van der Waals surface area (Å²) in [6, 6.07) is 7.63. The molecule has 0 heterocycles. The summed E-state index contributed by atoms with van der Waals surface area (Å²) in [6.07, 6.45) is 3.31. The van der Waals surface area contributed by atoms with Crippen molar-refractivity contribution in [3.8, 4) is 5.75 Å². The van der Waals surface area contributed by atoms with Crippen molar-refractivity contribution in [3.05, 3.63) is 35.9 Å². The van der Waals surface area contributed by atoms with Gasteiger partial charge in [-0.1, -0.05) is 32.0 Å². The number of carbonyl (C=O) groups is 1. The molecule has 4 heteroatoms. The molecular formula is C18H27NO3. The molecule has 1 aromatic carbocycles. The van der Waals surface area contributed by atoms with E-state index in [1.165, 1.54) is 0 Å². The van der Waals surface area contributed by atoms with E-state index in [0.717, 1.165) is 29.7 Å². The second kappa shape index (κ2) is 8.59. The molecule has 0 aliphatic heterocycles. The third kappa shape index (κ3) is 5.90. The lowest BCUT2D eigenvalue weighted by atomic mass is 9.89. The fourth-order valence-electron chi connectivity index (χ4n) is 2.15. The molecule has 122 valence electrons. The Balaban J connectivity index is 2.53. The van der Waals surface area contributed by atoms with Crippen molar-refractivity contribution in [2.45, 2.75) is 33.6 Å². The molecule has 0 aliphatic rings. The summed E-state index contributed by atoms with van der Waals surface area (Å²) in [5, 5.41) is 12.1. The van der Waals surface area contributed by atoms with Crippen molar-refractivity contribution in [1.82, 2.24) is 5.32 Å². The molecule has 0 saturated carbocycles. The smallest absolute Gasteiger partial charge is 0.244 e. The van der Waals surface area contributed by atoms with Crippen LogP contribution in [0.4, 0.5) is 0 Å². The van der Waals surface area contributed by atoms with Crippen molar-refractivity contribution >= 4 is 11.5 Å². The molecule has 22 heavy (non-hydrogen) atoms. The number of aliphatic hydroxyl groups excluding tert-OH is 1. The Morgan fingerprint density at radius 1 is 1.36 bits per heavy atom. The van der Waals surface area contributed by atoms with Crippen LogP contribution in [0, 0.1) is 5.41 Å². The number of ether oxygens (including phenoxy) is 1. The highest BCUT2D eigenvalue weighted by Gasteiger charge is 2.15. The van der Waals surface area contributed by atoms with Gasteiger partial charge in [-0.2, -0.15) is 0 Å². The maximum absolute atomic E-state index is 11.9. The van der Waals surface area contributed by atoms with Crippen molar-refractivity contribution in [2.24, 2.45) is 5.41 Å². The Bertz CT molecular complexity index is 521. The fourth-order valence-corrected chi connectivity index (χ4v) is 2.15. The Labute approximate surface area is 133 Å². The van der Waals surface area contributed by atoms with E-state index in [0.29, 0.717) is 6.54 Å². The van der Waals surface area contributed by atoms with E-state index in [4.69, 9.17) is 4.74 Å². The van der Waals surface area contributed by atoms with E-state index < -0.39 is 0 Å². The van der Waals surface area contributed by atoms with Crippen molar-refractivity contribution in [3.63, 3.8) is 0 Å². The summed E-state index contributed by atoms with van der Waals surface area (Å²) in [5.74, 6) is 0.652. The summed E-state index contributed by atoms with van der Waals surface area (Å²) in [5.41, 5.74) is 1.70. The molecule has 0 unspecified atom stereocenters. The average Bonchev–Trinajstić information content (AvgIpc) is 2.51. The number of hydrogen-bond acceptors (Lipinski definition) is 3. The lowest BCUT2D eigenvalue weighted by Gasteiger charge is -2.21. The molecule has 0 radical (unpaired) electrons. The molecule has 1 amide bonds. The molecule has 1 rings (SSSR count). The topological polar surface area (TPSA) is 58.6 Å². The molecule has 0 spiro atoms. The lowest BCUT2D eigenvalue weighted by Crippen LogP contribution is -2.25. The van der Waals surface area contributed by atoms with Crippen LogP contribution in [0.5, 0.6) is 5.75 Å². The Morgan fingerprint density at radius 3 is 2.68 bits per heavy atom. The van der Waals surface area contributed by atoms with Gasteiger partial charge in [-0.25, -0.2) is 0 Å². The predicted molar refractivity (Wildman–Crippen MR) is 89.8 cm³/mol. The summed E-state index contributed by atoms with van der Waals surface area (Å²) in [4.78, 5) is 11.9.